The molecule has 0 unspecified atom stereocenters. The van der Waals surface area contributed by atoms with Gasteiger partial charge in [0, 0.05) is 52.6 Å². The zero-order chi connectivity index (χ0) is 54.8. The third kappa shape index (κ3) is 9.81. The maximum Gasteiger partial charge on any atom is 0.121 e. The van der Waals surface area contributed by atoms with Gasteiger partial charge in [-0.15, -0.1) is 54.1 Å². The molecule has 1 radical (unpaired) electrons. The minimum Gasteiger partial charge on any atom is -0.501 e. The summed E-state index contributed by atoms with van der Waals surface area (Å²) < 4.78 is 32.1. The smallest absolute Gasteiger partial charge is 0.121 e. The van der Waals surface area contributed by atoms with Gasteiger partial charge in [0.1, 0.15) is 5.58 Å². The molecule has 0 aliphatic rings. The van der Waals surface area contributed by atoms with Crippen LogP contribution in [0.3, 0.4) is 0 Å². The van der Waals surface area contributed by atoms with Gasteiger partial charge in [-0.25, -0.2) is 0 Å². The van der Waals surface area contributed by atoms with Crippen molar-refractivity contribution in [3.63, 3.8) is 0 Å². The van der Waals surface area contributed by atoms with Crippen molar-refractivity contribution < 1.29 is 28.6 Å². The quantitative estimate of drug-likeness (QED) is 0.118. The van der Waals surface area contributed by atoms with E-state index in [-0.39, 0.29) is 48.3 Å². The molecule has 12 rings (SSSR count). The first kappa shape index (κ1) is 48.2. The number of imidazole rings is 1. The topological polar surface area (TPSA) is 56.7 Å². The average molecular weight is 1170 g/mol. The van der Waals surface area contributed by atoms with Crippen molar-refractivity contribution in [2.24, 2.45) is 0 Å². The van der Waals surface area contributed by atoms with Crippen LogP contribution in [0, 0.1) is 19.0 Å². The van der Waals surface area contributed by atoms with Crippen LogP contribution in [0.2, 0.25) is 0 Å². The molecule has 12 aromatic rings. The van der Waals surface area contributed by atoms with Crippen molar-refractivity contribution in [2.75, 3.05) is 0 Å². The Morgan fingerprint density at radius 3 is 1.87 bits per heavy atom. The summed E-state index contributed by atoms with van der Waals surface area (Å²) in [6, 6.07) is 67.1. The van der Waals surface area contributed by atoms with Crippen LogP contribution in [0.4, 0.5) is 0 Å². The number of nitrogens with zero attached hydrogens (tertiary/aromatic N) is 4. The summed E-state index contributed by atoms with van der Waals surface area (Å²) in [7, 11) is 0. The van der Waals surface area contributed by atoms with Crippen molar-refractivity contribution in [2.45, 2.75) is 98.8 Å². The van der Waals surface area contributed by atoms with E-state index in [2.05, 4.69) is 215 Å². The van der Waals surface area contributed by atoms with Crippen LogP contribution in [0.5, 0.6) is 0 Å². The van der Waals surface area contributed by atoms with Crippen molar-refractivity contribution in [1.29, 1.82) is 0 Å². The molecular formula is C70H64IrN4O-2. The van der Waals surface area contributed by atoms with Crippen LogP contribution in [0.15, 0.2) is 180 Å². The molecule has 0 aliphatic heterocycles. The van der Waals surface area contributed by atoms with Gasteiger partial charge in [-0.3, -0.25) is 15.0 Å². The second kappa shape index (κ2) is 20.6. The Labute approximate surface area is 465 Å². The van der Waals surface area contributed by atoms with Gasteiger partial charge >= 0.3 is 0 Å². The molecular weight excluding hydrogens is 1110 g/mol. The molecule has 381 valence electrons. The van der Waals surface area contributed by atoms with Crippen LogP contribution in [0.25, 0.3) is 105 Å². The van der Waals surface area contributed by atoms with Crippen LogP contribution in [-0.4, -0.2) is 19.5 Å². The number of aryl methyl sites for hydroxylation is 1. The van der Waals surface area contributed by atoms with Gasteiger partial charge in [0.05, 0.1) is 28.3 Å². The molecule has 0 fully saturated rings. The first-order valence-corrected chi connectivity index (χ1v) is 26.1. The van der Waals surface area contributed by atoms with Gasteiger partial charge in [-0.05, 0) is 127 Å². The largest absolute Gasteiger partial charge is 0.501 e. The number of para-hydroxylation sites is 2. The minimum atomic E-state index is -2.21. The maximum absolute atomic E-state index is 7.61. The van der Waals surface area contributed by atoms with Gasteiger partial charge in [0.2, 0.25) is 0 Å². The fourth-order valence-electron chi connectivity index (χ4n) is 10.4. The molecule has 3 aromatic heterocycles. The monoisotopic (exact) mass is 1170 g/mol. The predicted molar refractivity (Wildman–Crippen MR) is 315 cm³/mol. The normalized spacial score (nSPS) is 12.8. The first-order chi connectivity index (χ1) is 37.2. The van der Waals surface area contributed by atoms with E-state index in [4.69, 9.17) is 13.5 Å². The van der Waals surface area contributed by atoms with Crippen molar-refractivity contribution in [3.05, 3.63) is 216 Å². The van der Waals surface area contributed by atoms with Crippen molar-refractivity contribution >= 4 is 54.5 Å². The average Bonchev–Trinajstić information content (AvgIpc) is 4.09. The summed E-state index contributed by atoms with van der Waals surface area (Å²) in [5.41, 5.74) is 15.8. The van der Waals surface area contributed by atoms with E-state index in [9.17, 15) is 0 Å². The van der Waals surface area contributed by atoms with Gasteiger partial charge in [-0.1, -0.05) is 177 Å². The number of rotatable bonds is 7. The summed E-state index contributed by atoms with van der Waals surface area (Å²) in [5.74, 6) is 1.83. The number of furan rings is 1. The fraction of sp³-hybridized carbons (Fsp3) is 0.214. The van der Waals surface area contributed by atoms with Gasteiger partial charge in [0.25, 0.3) is 0 Å². The minimum absolute atomic E-state index is 0. The molecule has 6 heteroatoms. The number of fused-ring (bicyclic) bond motifs is 7. The van der Waals surface area contributed by atoms with Crippen LogP contribution in [0.1, 0.15) is 113 Å². The predicted octanol–water partition coefficient (Wildman–Crippen LogP) is 19.1. The zero-order valence-corrected chi connectivity index (χ0v) is 47.3. The Morgan fingerprint density at radius 2 is 1.21 bits per heavy atom. The Hall–Kier alpha value is -7.50. The zero-order valence-electron chi connectivity index (χ0n) is 47.9. The van der Waals surface area contributed by atoms with E-state index in [1.807, 2.05) is 45.0 Å². The summed E-state index contributed by atoms with van der Waals surface area (Å²) in [6.07, 6.45) is 1.41. The molecule has 0 amide bonds. The third-order valence-electron chi connectivity index (χ3n) is 14.5. The van der Waals surface area contributed by atoms with E-state index in [0.29, 0.717) is 11.5 Å². The molecule has 76 heavy (non-hydrogen) atoms. The van der Waals surface area contributed by atoms with E-state index < -0.39 is 6.85 Å². The molecule has 5 nitrogen and oxygen atoms in total. The standard InChI is InChI=1S/C55H47N2O.C15H17N2.Ir/c1-33(2)45-30-40(37-21-19-35(20-22-37)36-25-27-41(28-26-36)55(5,6)7)31-46(34(3)4)52(45)57-50-18-11-10-17-49(50)56-54(57)44-16-12-15-43-48-29-39-24-23-38-13-8-9-14-42(38)47(39)32-51(48)58-53(43)44;1-11-10-16-14(12-8-6-5-7-9-12)17-13(11)15(2,3)4;/h8-15,17-34H,1-7H3;5-8,10H,1-4H3;/q2*-1;/i;1D3;. The summed E-state index contributed by atoms with van der Waals surface area (Å²) >= 11 is 0. The third-order valence-corrected chi connectivity index (χ3v) is 14.5. The first-order valence-electron chi connectivity index (χ1n) is 27.6. The van der Waals surface area contributed by atoms with Gasteiger partial charge < -0.3 is 8.98 Å². The van der Waals surface area contributed by atoms with E-state index in [0.717, 1.165) is 49.9 Å². The maximum atomic E-state index is 7.61. The van der Waals surface area contributed by atoms with E-state index in [1.54, 1.807) is 6.07 Å². The number of hydrogen-bond donors (Lipinski definition) is 0. The molecule has 0 spiro atoms. The van der Waals surface area contributed by atoms with Crippen LogP contribution in [-0.2, 0) is 30.9 Å². The van der Waals surface area contributed by atoms with Crippen LogP contribution < -0.4 is 0 Å². The molecule has 0 N–H and O–H groups in total. The molecule has 0 bridgehead atoms. The summed E-state index contributed by atoms with van der Waals surface area (Å²) in [6.45, 7) is 19.6. The molecule has 9 aromatic carbocycles. The molecule has 0 saturated heterocycles. The van der Waals surface area contributed by atoms with Crippen LogP contribution >= 0.6 is 0 Å². The molecule has 0 saturated carbocycles. The van der Waals surface area contributed by atoms with Gasteiger partial charge in [0.15, 0.2) is 0 Å². The molecule has 3 heterocycles. The Balaban J connectivity index is 0.000000284. The van der Waals surface area contributed by atoms with E-state index >= 15 is 0 Å². The Morgan fingerprint density at radius 1 is 0.566 bits per heavy atom. The SMILES string of the molecule is CC(C)c1cc(-c2ccc(-c3ccc(C(C)(C)C)cc3)cc2)cc(C(C)C)c1-n1c(-c2[c-]ccc3c2oc2cc4c(ccc5ccccc54)cc23)nc2ccccc21.[2H]C([2H])([2H])c1cnc(-c2[c-]cccc2)nc1C(C)(C)C.[Ir]. The number of benzene rings is 9. The number of aromatic nitrogens is 4. The summed E-state index contributed by atoms with van der Waals surface area (Å²) in [4.78, 5) is 14.1. The Bertz CT molecular complexity index is 4170. The second-order valence-electron chi connectivity index (χ2n) is 22.5. The van der Waals surface area contributed by atoms with E-state index in [1.165, 1.54) is 72.4 Å². The van der Waals surface area contributed by atoms with Crippen molar-refractivity contribution in [3.8, 4) is 50.7 Å². The molecule has 0 aliphatic carbocycles. The van der Waals surface area contributed by atoms with Crippen molar-refractivity contribution in [1.82, 2.24) is 19.5 Å². The summed E-state index contributed by atoms with van der Waals surface area (Å²) in [5, 5.41) is 7.00. The van der Waals surface area contributed by atoms with Gasteiger partial charge in [-0.2, -0.15) is 0 Å². The second-order valence-corrected chi connectivity index (χ2v) is 22.5. The Kier molecular flexibility index (Phi) is 13.0. The fourth-order valence-corrected chi connectivity index (χ4v) is 10.4. The molecule has 0 atom stereocenters. The number of hydrogen-bond acceptors (Lipinski definition) is 4.